The molecule has 0 aliphatic carbocycles. The lowest BCUT2D eigenvalue weighted by Crippen LogP contribution is -2.12. The Morgan fingerprint density at radius 1 is 1.30 bits per heavy atom. The minimum atomic E-state index is 0. The standard InChI is InChI=1S/C8H19N.ClH/c1-3-5-6-8(4-2)7-9;/h8H,3-7,9H2,1-2H3;1H/t8-;/m1./s1. The van der Waals surface area contributed by atoms with Crippen molar-refractivity contribution < 1.29 is 0 Å². The summed E-state index contributed by atoms with van der Waals surface area (Å²) in [5, 5.41) is 0. The first-order valence-corrected chi connectivity index (χ1v) is 4.05. The Balaban J connectivity index is 0. The quantitative estimate of drug-likeness (QED) is 0.666. The third-order valence-corrected chi connectivity index (χ3v) is 1.88. The van der Waals surface area contributed by atoms with Crippen LogP contribution in [0.3, 0.4) is 0 Å². The molecule has 0 aromatic carbocycles. The third kappa shape index (κ3) is 6.37. The number of nitrogens with two attached hydrogens (primary N) is 1. The van der Waals surface area contributed by atoms with E-state index in [4.69, 9.17) is 5.73 Å². The maximum atomic E-state index is 5.52. The second-order valence-corrected chi connectivity index (χ2v) is 2.65. The highest BCUT2D eigenvalue weighted by Crippen LogP contribution is 2.09. The Bertz CT molecular complexity index is 53.2. The molecule has 2 heteroatoms. The van der Waals surface area contributed by atoms with Crippen molar-refractivity contribution in [2.75, 3.05) is 6.54 Å². The number of hydrogen-bond donors (Lipinski definition) is 1. The van der Waals surface area contributed by atoms with Crippen LogP contribution in [0.4, 0.5) is 0 Å². The summed E-state index contributed by atoms with van der Waals surface area (Å²) in [4.78, 5) is 0. The van der Waals surface area contributed by atoms with Crippen LogP contribution in [0.1, 0.15) is 39.5 Å². The number of rotatable bonds is 5. The lowest BCUT2D eigenvalue weighted by Gasteiger charge is -2.09. The van der Waals surface area contributed by atoms with Crippen LogP contribution >= 0.6 is 12.4 Å². The van der Waals surface area contributed by atoms with Crippen molar-refractivity contribution in [2.45, 2.75) is 39.5 Å². The maximum Gasteiger partial charge on any atom is -0.00490 e. The molecule has 0 amide bonds. The number of unbranched alkanes of at least 4 members (excludes halogenated alkanes) is 1. The van der Waals surface area contributed by atoms with Crippen LogP contribution in [0.15, 0.2) is 0 Å². The van der Waals surface area contributed by atoms with Crippen molar-refractivity contribution >= 4 is 12.4 Å². The zero-order valence-corrected chi connectivity index (χ0v) is 7.91. The highest BCUT2D eigenvalue weighted by molar-refractivity contribution is 5.85. The zero-order chi connectivity index (χ0) is 7.11. The van der Waals surface area contributed by atoms with Gasteiger partial charge in [0.1, 0.15) is 0 Å². The SMILES string of the molecule is CCCC[C@@H](CC)CN.Cl. The first-order valence-electron chi connectivity index (χ1n) is 4.05. The Kier molecular flexibility index (Phi) is 11.9. The molecule has 0 aromatic heterocycles. The fourth-order valence-electron chi connectivity index (χ4n) is 0.981. The van der Waals surface area contributed by atoms with Crippen molar-refractivity contribution in [1.82, 2.24) is 0 Å². The molecule has 2 N–H and O–H groups in total. The molecule has 1 nitrogen and oxygen atoms in total. The molecule has 0 fully saturated rings. The van der Waals surface area contributed by atoms with Gasteiger partial charge < -0.3 is 5.73 Å². The molecule has 0 saturated carbocycles. The topological polar surface area (TPSA) is 26.0 Å². The molecule has 10 heavy (non-hydrogen) atoms. The van der Waals surface area contributed by atoms with Gasteiger partial charge in [0.05, 0.1) is 0 Å². The summed E-state index contributed by atoms with van der Waals surface area (Å²) in [5.41, 5.74) is 5.52. The minimum absolute atomic E-state index is 0. The fraction of sp³-hybridized carbons (Fsp3) is 1.00. The molecule has 0 aromatic rings. The van der Waals surface area contributed by atoms with Crippen LogP contribution < -0.4 is 5.73 Å². The van der Waals surface area contributed by atoms with E-state index < -0.39 is 0 Å². The van der Waals surface area contributed by atoms with Gasteiger partial charge in [-0.3, -0.25) is 0 Å². The van der Waals surface area contributed by atoms with E-state index in [0.29, 0.717) is 0 Å². The second kappa shape index (κ2) is 9.25. The minimum Gasteiger partial charge on any atom is -0.330 e. The number of hydrogen-bond acceptors (Lipinski definition) is 1. The fourth-order valence-corrected chi connectivity index (χ4v) is 0.981. The Hall–Kier alpha value is 0.250. The molecule has 0 spiro atoms. The van der Waals surface area contributed by atoms with E-state index in [0.717, 1.165) is 12.5 Å². The molecular weight excluding hydrogens is 146 g/mol. The van der Waals surface area contributed by atoms with E-state index in [-0.39, 0.29) is 12.4 Å². The van der Waals surface area contributed by atoms with E-state index in [2.05, 4.69) is 13.8 Å². The van der Waals surface area contributed by atoms with Crippen LogP contribution in [0.25, 0.3) is 0 Å². The van der Waals surface area contributed by atoms with Crippen LogP contribution in [0, 0.1) is 5.92 Å². The van der Waals surface area contributed by atoms with Gasteiger partial charge in [-0.25, -0.2) is 0 Å². The van der Waals surface area contributed by atoms with Gasteiger partial charge in [0, 0.05) is 0 Å². The van der Waals surface area contributed by atoms with Crippen molar-refractivity contribution in [3.05, 3.63) is 0 Å². The van der Waals surface area contributed by atoms with Gasteiger partial charge >= 0.3 is 0 Å². The van der Waals surface area contributed by atoms with Gasteiger partial charge in [0.2, 0.25) is 0 Å². The Labute approximate surface area is 70.8 Å². The van der Waals surface area contributed by atoms with Crippen molar-refractivity contribution in [3.63, 3.8) is 0 Å². The summed E-state index contributed by atoms with van der Waals surface area (Å²) >= 11 is 0. The van der Waals surface area contributed by atoms with Crippen LogP contribution in [-0.4, -0.2) is 6.54 Å². The van der Waals surface area contributed by atoms with Crippen LogP contribution in [-0.2, 0) is 0 Å². The molecule has 1 atom stereocenters. The highest BCUT2D eigenvalue weighted by atomic mass is 35.5. The molecule has 64 valence electrons. The van der Waals surface area contributed by atoms with Gasteiger partial charge in [-0.05, 0) is 18.9 Å². The second-order valence-electron chi connectivity index (χ2n) is 2.65. The van der Waals surface area contributed by atoms with Crippen LogP contribution in [0.5, 0.6) is 0 Å². The molecule has 0 radical (unpaired) electrons. The van der Waals surface area contributed by atoms with Crippen molar-refractivity contribution in [3.8, 4) is 0 Å². The lowest BCUT2D eigenvalue weighted by atomic mass is 10.00. The predicted molar refractivity (Wildman–Crippen MR) is 49.6 cm³/mol. The summed E-state index contributed by atoms with van der Waals surface area (Å²) in [6.45, 7) is 5.31. The van der Waals surface area contributed by atoms with E-state index in [1.807, 2.05) is 0 Å². The maximum absolute atomic E-state index is 5.52. The Morgan fingerprint density at radius 3 is 2.20 bits per heavy atom. The summed E-state index contributed by atoms with van der Waals surface area (Å²) in [6.07, 6.45) is 5.21. The van der Waals surface area contributed by atoms with Crippen molar-refractivity contribution in [2.24, 2.45) is 11.7 Å². The average molecular weight is 166 g/mol. The van der Waals surface area contributed by atoms with Gasteiger partial charge in [-0.2, -0.15) is 0 Å². The molecule has 0 unspecified atom stereocenters. The predicted octanol–water partition coefficient (Wildman–Crippen LogP) is 2.58. The third-order valence-electron chi connectivity index (χ3n) is 1.88. The lowest BCUT2D eigenvalue weighted by molar-refractivity contribution is 0.461. The zero-order valence-electron chi connectivity index (χ0n) is 7.10. The monoisotopic (exact) mass is 165 g/mol. The van der Waals surface area contributed by atoms with E-state index in [9.17, 15) is 0 Å². The van der Waals surface area contributed by atoms with E-state index in [1.54, 1.807) is 0 Å². The largest absolute Gasteiger partial charge is 0.330 e. The Morgan fingerprint density at radius 2 is 1.90 bits per heavy atom. The summed E-state index contributed by atoms with van der Waals surface area (Å²) < 4.78 is 0. The number of halogens is 1. The van der Waals surface area contributed by atoms with Crippen molar-refractivity contribution in [1.29, 1.82) is 0 Å². The van der Waals surface area contributed by atoms with E-state index >= 15 is 0 Å². The molecule has 0 bridgehead atoms. The first-order chi connectivity index (χ1) is 4.35. The smallest absolute Gasteiger partial charge is 0.00490 e. The van der Waals surface area contributed by atoms with Gasteiger partial charge in [-0.15, -0.1) is 12.4 Å². The molecule has 0 saturated heterocycles. The van der Waals surface area contributed by atoms with E-state index in [1.165, 1.54) is 25.7 Å². The van der Waals surface area contributed by atoms with Gasteiger partial charge in [0.25, 0.3) is 0 Å². The van der Waals surface area contributed by atoms with Gasteiger partial charge in [0.15, 0.2) is 0 Å². The van der Waals surface area contributed by atoms with Crippen LogP contribution in [0.2, 0.25) is 0 Å². The molecule has 0 rings (SSSR count). The molecular formula is C8H20ClN. The summed E-state index contributed by atoms with van der Waals surface area (Å²) in [6, 6.07) is 0. The normalized spacial score (nSPS) is 12.3. The molecule has 0 heterocycles. The summed E-state index contributed by atoms with van der Waals surface area (Å²) in [7, 11) is 0. The average Bonchev–Trinajstić information content (AvgIpc) is 1.91. The first kappa shape index (κ1) is 12.9. The molecule has 0 aliphatic rings. The van der Waals surface area contributed by atoms with Gasteiger partial charge in [-0.1, -0.05) is 33.1 Å². The summed E-state index contributed by atoms with van der Waals surface area (Å²) in [5.74, 6) is 0.782. The molecule has 0 aliphatic heterocycles. The highest BCUT2D eigenvalue weighted by Gasteiger charge is 2.00.